The van der Waals surface area contributed by atoms with Crippen LogP contribution in [-0.2, 0) is 16.1 Å². The van der Waals surface area contributed by atoms with E-state index in [2.05, 4.69) is 5.43 Å². The molecule has 2 fully saturated rings. The summed E-state index contributed by atoms with van der Waals surface area (Å²) in [5.74, 6) is -0.0799. The molecule has 27 heavy (non-hydrogen) atoms. The van der Waals surface area contributed by atoms with Crippen molar-refractivity contribution in [3.63, 3.8) is 0 Å². The molecule has 2 aromatic rings. The summed E-state index contributed by atoms with van der Waals surface area (Å²) in [4.78, 5) is 29.1. The first-order valence-electron chi connectivity index (χ1n) is 9.23. The highest BCUT2D eigenvalue weighted by molar-refractivity contribution is 7.98. The first-order valence-corrected chi connectivity index (χ1v) is 10.5. The van der Waals surface area contributed by atoms with E-state index in [1.807, 2.05) is 60.9 Å². The van der Waals surface area contributed by atoms with Crippen molar-refractivity contribution in [3.8, 4) is 0 Å². The van der Waals surface area contributed by atoms with Gasteiger partial charge in [-0.15, -0.1) is 11.8 Å². The molecular weight excluding hydrogens is 358 g/mol. The summed E-state index contributed by atoms with van der Waals surface area (Å²) in [6.07, 6.45) is 3.64. The Morgan fingerprint density at radius 3 is 2.52 bits per heavy atom. The molecule has 2 aliphatic rings. The maximum absolute atomic E-state index is 13.4. The first kappa shape index (κ1) is 18.1. The Hall–Kier alpha value is -2.31. The molecule has 2 heterocycles. The number of thioether (sulfide) groups is 1. The van der Waals surface area contributed by atoms with Crippen molar-refractivity contribution in [2.45, 2.75) is 36.4 Å². The minimum absolute atomic E-state index is 0.00341. The fourth-order valence-corrected chi connectivity index (χ4v) is 4.30. The van der Waals surface area contributed by atoms with Crippen molar-refractivity contribution in [3.05, 3.63) is 65.7 Å². The molecule has 0 aromatic heterocycles. The monoisotopic (exact) mass is 381 g/mol. The van der Waals surface area contributed by atoms with Crippen LogP contribution in [0.25, 0.3) is 0 Å². The van der Waals surface area contributed by atoms with Crippen LogP contribution in [0, 0.1) is 0 Å². The lowest BCUT2D eigenvalue weighted by molar-refractivity contribution is -0.137. The highest BCUT2D eigenvalue weighted by Gasteiger charge is 2.44. The van der Waals surface area contributed by atoms with Crippen LogP contribution in [0.4, 0.5) is 0 Å². The van der Waals surface area contributed by atoms with Crippen LogP contribution in [0.2, 0.25) is 0 Å². The van der Waals surface area contributed by atoms with Gasteiger partial charge in [-0.1, -0.05) is 42.5 Å². The second kappa shape index (κ2) is 7.74. The van der Waals surface area contributed by atoms with Crippen LogP contribution in [0.3, 0.4) is 0 Å². The zero-order chi connectivity index (χ0) is 18.8. The molecule has 0 unspecified atom stereocenters. The molecule has 2 aliphatic heterocycles. The molecule has 0 saturated carbocycles. The van der Waals surface area contributed by atoms with E-state index in [9.17, 15) is 9.59 Å². The van der Waals surface area contributed by atoms with Crippen molar-refractivity contribution in [1.29, 1.82) is 0 Å². The Morgan fingerprint density at radius 1 is 1.07 bits per heavy atom. The summed E-state index contributed by atoms with van der Waals surface area (Å²) in [5.41, 5.74) is 4.99. The highest BCUT2D eigenvalue weighted by Crippen LogP contribution is 2.31. The van der Waals surface area contributed by atoms with Crippen molar-refractivity contribution in [2.24, 2.45) is 0 Å². The quantitative estimate of drug-likeness (QED) is 0.828. The van der Waals surface area contributed by atoms with E-state index in [0.717, 1.165) is 28.9 Å². The molecule has 5 nitrogen and oxygen atoms in total. The summed E-state index contributed by atoms with van der Waals surface area (Å²) >= 11 is 1.67. The van der Waals surface area contributed by atoms with Gasteiger partial charge in [0.25, 0.3) is 5.91 Å². The zero-order valence-corrected chi connectivity index (χ0v) is 16.1. The molecule has 6 heteroatoms. The van der Waals surface area contributed by atoms with Gasteiger partial charge in [0.15, 0.2) is 0 Å². The van der Waals surface area contributed by atoms with Gasteiger partial charge in [0.1, 0.15) is 12.1 Å². The summed E-state index contributed by atoms with van der Waals surface area (Å²) in [7, 11) is 0. The average Bonchev–Trinajstić information content (AvgIpc) is 3.16. The van der Waals surface area contributed by atoms with Gasteiger partial charge in [-0.3, -0.25) is 15.0 Å². The van der Waals surface area contributed by atoms with Crippen molar-refractivity contribution in [1.82, 2.24) is 15.3 Å². The van der Waals surface area contributed by atoms with Gasteiger partial charge in [-0.05, 0) is 42.4 Å². The topological polar surface area (TPSA) is 52.7 Å². The second-order valence-electron chi connectivity index (χ2n) is 6.95. The molecule has 2 atom stereocenters. The van der Waals surface area contributed by atoms with Crippen molar-refractivity contribution in [2.75, 3.05) is 12.8 Å². The third-order valence-corrected chi connectivity index (χ3v) is 6.01. The van der Waals surface area contributed by atoms with Gasteiger partial charge in [0.05, 0.1) is 0 Å². The fraction of sp³-hybridized carbons (Fsp3) is 0.333. The predicted molar refractivity (Wildman–Crippen MR) is 106 cm³/mol. The summed E-state index contributed by atoms with van der Waals surface area (Å²) in [5, 5.41) is 1.80. The van der Waals surface area contributed by atoms with E-state index in [1.165, 1.54) is 0 Å². The molecule has 140 valence electrons. The fourth-order valence-electron chi connectivity index (χ4n) is 3.89. The minimum Gasteiger partial charge on any atom is -0.329 e. The van der Waals surface area contributed by atoms with Crippen LogP contribution in [0.15, 0.2) is 59.5 Å². The summed E-state index contributed by atoms with van der Waals surface area (Å²) in [6.45, 7) is 1.13. The minimum atomic E-state index is -0.520. The van der Waals surface area contributed by atoms with E-state index in [4.69, 9.17) is 0 Å². The Kier molecular flexibility index (Phi) is 5.18. The standard InChI is InChI=1S/C21H23N3O2S/c1-27-17-11-9-16(10-12-17)19-21(26)23-13-5-8-18(23)20(25)22-24(19)14-15-6-3-2-4-7-15/h2-4,6-7,9-12,18-19H,5,8,13-14H2,1H3,(H,22,25)/t18-,19-/m0/s1. The third-order valence-electron chi connectivity index (χ3n) is 5.27. The van der Waals surface area contributed by atoms with Crippen LogP contribution < -0.4 is 5.43 Å². The maximum Gasteiger partial charge on any atom is 0.257 e. The number of hydrazine groups is 1. The lowest BCUT2D eigenvalue weighted by Crippen LogP contribution is -2.45. The lowest BCUT2D eigenvalue weighted by Gasteiger charge is -2.30. The number of carbonyl (C=O) groups is 2. The number of hydrogen-bond acceptors (Lipinski definition) is 4. The Balaban J connectivity index is 1.72. The van der Waals surface area contributed by atoms with Crippen molar-refractivity contribution < 1.29 is 9.59 Å². The van der Waals surface area contributed by atoms with E-state index < -0.39 is 6.04 Å². The van der Waals surface area contributed by atoms with Crippen LogP contribution in [0.5, 0.6) is 0 Å². The first-order chi connectivity index (χ1) is 13.2. The molecule has 4 rings (SSSR count). The molecule has 0 bridgehead atoms. The van der Waals surface area contributed by atoms with Gasteiger partial charge < -0.3 is 4.90 Å². The van der Waals surface area contributed by atoms with Gasteiger partial charge in [0, 0.05) is 18.0 Å². The Labute approximate surface area is 163 Å². The predicted octanol–water partition coefficient (Wildman–Crippen LogP) is 2.99. The van der Waals surface area contributed by atoms with E-state index in [1.54, 1.807) is 21.7 Å². The second-order valence-corrected chi connectivity index (χ2v) is 7.83. The lowest BCUT2D eigenvalue weighted by atomic mass is 10.0. The Bertz CT molecular complexity index is 825. The number of nitrogens with one attached hydrogen (secondary N) is 1. The van der Waals surface area contributed by atoms with Crippen LogP contribution in [-0.4, -0.2) is 40.6 Å². The van der Waals surface area contributed by atoms with E-state index in [0.29, 0.717) is 13.1 Å². The van der Waals surface area contributed by atoms with E-state index in [-0.39, 0.29) is 17.9 Å². The molecule has 1 N–H and O–H groups in total. The smallest absolute Gasteiger partial charge is 0.257 e. The molecule has 2 aromatic carbocycles. The maximum atomic E-state index is 13.4. The number of carbonyl (C=O) groups excluding carboxylic acids is 2. The number of nitrogens with zero attached hydrogens (tertiary/aromatic N) is 2. The largest absolute Gasteiger partial charge is 0.329 e. The van der Waals surface area contributed by atoms with Crippen LogP contribution in [0.1, 0.15) is 30.0 Å². The van der Waals surface area contributed by atoms with Gasteiger partial charge in [0.2, 0.25) is 5.91 Å². The number of rotatable bonds is 4. The molecule has 0 aliphatic carbocycles. The summed E-state index contributed by atoms with van der Waals surface area (Å²) in [6, 6.07) is 17.1. The van der Waals surface area contributed by atoms with Gasteiger partial charge in [-0.25, -0.2) is 0 Å². The highest BCUT2D eigenvalue weighted by atomic mass is 32.2. The van der Waals surface area contributed by atoms with Crippen LogP contribution >= 0.6 is 11.8 Å². The number of benzene rings is 2. The Morgan fingerprint density at radius 2 is 1.81 bits per heavy atom. The van der Waals surface area contributed by atoms with Crippen molar-refractivity contribution >= 4 is 23.6 Å². The third kappa shape index (κ3) is 3.59. The molecule has 0 spiro atoms. The average molecular weight is 382 g/mol. The number of amides is 2. The van der Waals surface area contributed by atoms with Gasteiger partial charge in [-0.2, -0.15) is 5.01 Å². The molecule has 2 saturated heterocycles. The molecule has 2 amide bonds. The van der Waals surface area contributed by atoms with E-state index >= 15 is 0 Å². The van der Waals surface area contributed by atoms with Gasteiger partial charge >= 0.3 is 0 Å². The normalized spacial score (nSPS) is 23.1. The SMILES string of the molecule is CSc1ccc([C@H]2C(=O)N3CCC[C@H]3C(=O)NN2Cc2ccccc2)cc1. The number of hydrogen-bond donors (Lipinski definition) is 1. The molecule has 0 radical (unpaired) electrons. The number of fused-ring (bicyclic) bond motifs is 1. The zero-order valence-electron chi connectivity index (χ0n) is 15.3. The summed E-state index contributed by atoms with van der Waals surface area (Å²) < 4.78 is 0. The molecular formula is C21H23N3O2S.